The fourth-order valence-corrected chi connectivity index (χ4v) is 4.08. The van der Waals surface area contributed by atoms with Gasteiger partial charge in [0.25, 0.3) is 0 Å². The summed E-state index contributed by atoms with van der Waals surface area (Å²) in [5.41, 5.74) is 0. The second-order valence-electron chi connectivity index (χ2n) is 6.57. The predicted octanol–water partition coefficient (Wildman–Crippen LogP) is 2.08. The lowest BCUT2D eigenvalue weighted by atomic mass is 10.2. The molecule has 0 bridgehead atoms. The minimum absolute atomic E-state index is 0.401. The van der Waals surface area contributed by atoms with Crippen LogP contribution in [-0.2, 0) is 13.6 Å². The molecule has 2 aromatic heterocycles. The number of nitrogens with one attached hydrogen (secondary N) is 2. The van der Waals surface area contributed by atoms with Crippen LogP contribution in [0.15, 0.2) is 22.5 Å². The molecule has 8 heteroatoms. The Kier molecular flexibility index (Phi) is 6.62. The quantitative estimate of drug-likeness (QED) is 0.573. The van der Waals surface area contributed by atoms with Gasteiger partial charge in [0.2, 0.25) is 0 Å². The van der Waals surface area contributed by atoms with Gasteiger partial charge in [-0.05, 0) is 51.2 Å². The van der Waals surface area contributed by atoms with Crippen LogP contribution in [0.5, 0.6) is 0 Å². The normalized spacial score (nSPS) is 16.8. The van der Waals surface area contributed by atoms with E-state index in [4.69, 9.17) is 4.99 Å². The van der Waals surface area contributed by atoms with Crippen molar-refractivity contribution in [3.8, 4) is 0 Å². The van der Waals surface area contributed by atoms with Gasteiger partial charge >= 0.3 is 0 Å². The van der Waals surface area contributed by atoms with Crippen molar-refractivity contribution in [1.29, 1.82) is 0 Å². The van der Waals surface area contributed by atoms with E-state index in [-0.39, 0.29) is 0 Å². The van der Waals surface area contributed by atoms with Crippen LogP contribution in [0, 0.1) is 6.92 Å². The predicted molar refractivity (Wildman–Crippen MR) is 106 cm³/mol. The van der Waals surface area contributed by atoms with Crippen molar-refractivity contribution in [1.82, 2.24) is 30.3 Å². The second kappa shape index (κ2) is 9.14. The van der Waals surface area contributed by atoms with Crippen LogP contribution in [0.3, 0.4) is 0 Å². The number of aryl methyl sites for hydroxylation is 1. The third-order valence-electron chi connectivity index (χ3n) is 4.82. The number of hydrogen-bond donors (Lipinski definition) is 2. The molecule has 1 unspecified atom stereocenters. The molecule has 1 atom stereocenters. The summed E-state index contributed by atoms with van der Waals surface area (Å²) in [6, 6.07) is 4.78. The molecule has 0 spiro atoms. The Hall–Kier alpha value is -1.93. The van der Waals surface area contributed by atoms with Crippen LogP contribution >= 0.6 is 11.3 Å². The molecule has 1 aliphatic rings. The topological polar surface area (TPSA) is 70.4 Å². The summed E-state index contributed by atoms with van der Waals surface area (Å²) in [5.74, 6) is 2.60. The van der Waals surface area contributed by atoms with Crippen LogP contribution in [0.1, 0.15) is 42.3 Å². The van der Waals surface area contributed by atoms with Crippen molar-refractivity contribution in [3.05, 3.63) is 34.0 Å². The lowest BCUT2D eigenvalue weighted by Gasteiger charge is -2.27. The van der Waals surface area contributed by atoms with E-state index in [9.17, 15) is 0 Å². The van der Waals surface area contributed by atoms with Crippen molar-refractivity contribution in [2.75, 3.05) is 26.2 Å². The van der Waals surface area contributed by atoms with Crippen molar-refractivity contribution in [2.24, 2.45) is 12.0 Å². The fourth-order valence-electron chi connectivity index (χ4n) is 3.22. The molecule has 0 radical (unpaired) electrons. The van der Waals surface area contributed by atoms with E-state index in [1.54, 1.807) is 0 Å². The third kappa shape index (κ3) is 4.62. The molecule has 3 rings (SSSR count). The summed E-state index contributed by atoms with van der Waals surface area (Å²) < 4.78 is 1.98. The molecule has 0 amide bonds. The van der Waals surface area contributed by atoms with E-state index in [2.05, 4.69) is 50.2 Å². The van der Waals surface area contributed by atoms with Gasteiger partial charge in [-0.25, -0.2) is 4.99 Å². The zero-order valence-corrected chi connectivity index (χ0v) is 16.7. The van der Waals surface area contributed by atoms with Gasteiger partial charge in [0.15, 0.2) is 11.8 Å². The monoisotopic (exact) mass is 375 g/mol. The molecule has 142 valence electrons. The molecule has 1 saturated heterocycles. The van der Waals surface area contributed by atoms with Crippen molar-refractivity contribution < 1.29 is 0 Å². The number of aliphatic imine (C=N–C) groups is 1. The highest BCUT2D eigenvalue weighted by atomic mass is 32.1. The highest BCUT2D eigenvalue weighted by Crippen LogP contribution is 2.27. The van der Waals surface area contributed by atoms with Gasteiger partial charge in [-0.1, -0.05) is 6.07 Å². The number of guanidine groups is 1. The summed E-state index contributed by atoms with van der Waals surface area (Å²) in [5, 5.41) is 17.3. The number of likely N-dealkylation sites (tertiary alicyclic amines) is 1. The van der Waals surface area contributed by atoms with E-state index < -0.39 is 0 Å². The van der Waals surface area contributed by atoms with E-state index in [0.717, 1.165) is 30.7 Å². The summed E-state index contributed by atoms with van der Waals surface area (Å²) >= 11 is 1.83. The Labute approximate surface area is 159 Å². The van der Waals surface area contributed by atoms with Gasteiger partial charge in [-0.2, -0.15) is 0 Å². The number of rotatable bonds is 7. The molecule has 1 aliphatic heterocycles. The minimum atomic E-state index is 0.401. The van der Waals surface area contributed by atoms with Crippen molar-refractivity contribution in [3.63, 3.8) is 0 Å². The molecule has 7 nitrogen and oxygen atoms in total. The van der Waals surface area contributed by atoms with Crippen molar-refractivity contribution in [2.45, 2.75) is 39.3 Å². The summed E-state index contributed by atoms with van der Waals surface area (Å²) in [6.07, 6.45) is 2.59. The molecule has 3 heterocycles. The number of hydrogen-bond acceptors (Lipinski definition) is 5. The first-order valence-electron chi connectivity index (χ1n) is 9.33. The molecule has 0 aromatic carbocycles. The molecular formula is C18H29N7S. The maximum Gasteiger partial charge on any atom is 0.191 e. The molecular weight excluding hydrogens is 346 g/mol. The van der Waals surface area contributed by atoms with Gasteiger partial charge in [-0.3, -0.25) is 4.90 Å². The smallest absolute Gasteiger partial charge is 0.191 e. The first-order valence-corrected chi connectivity index (χ1v) is 10.2. The van der Waals surface area contributed by atoms with Crippen LogP contribution in [-0.4, -0.2) is 51.8 Å². The minimum Gasteiger partial charge on any atom is -0.357 e. The van der Waals surface area contributed by atoms with Crippen molar-refractivity contribution >= 4 is 17.3 Å². The maximum absolute atomic E-state index is 4.69. The SMILES string of the molecule is CCNC(=NCc1nnc(C)n1C)NCC(c1cccs1)N1CCCC1. The summed E-state index contributed by atoms with van der Waals surface area (Å²) in [6.45, 7) is 8.58. The van der Waals surface area contributed by atoms with Crippen LogP contribution in [0.25, 0.3) is 0 Å². The van der Waals surface area contributed by atoms with Gasteiger partial charge in [0.1, 0.15) is 12.4 Å². The lowest BCUT2D eigenvalue weighted by Crippen LogP contribution is -2.42. The molecule has 2 N–H and O–H groups in total. The molecule has 1 fully saturated rings. The third-order valence-corrected chi connectivity index (χ3v) is 5.79. The number of nitrogens with zero attached hydrogens (tertiary/aromatic N) is 5. The van der Waals surface area contributed by atoms with Gasteiger partial charge in [0, 0.05) is 25.0 Å². The largest absolute Gasteiger partial charge is 0.357 e. The first kappa shape index (κ1) is 18.8. The Morgan fingerprint density at radius 1 is 1.31 bits per heavy atom. The van der Waals surface area contributed by atoms with Crippen LogP contribution in [0.2, 0.25) is 0 Å². The average molecular weight is 376 g/mol. The van der Waals surface area contributed by atoms with Gasteiger partial charge in [0.05, 0.1) is 6.04 Å². The van der Waals surface area contributed by atoms with E-state index in [1.807, 2.05) is 29.9 Å². The lowest BCUT2D eigenvalue weighted by molar-refractivity contribution is 0.249. The molecule has 0 aliphatic carbocycles. The highest BCUT2D eigenvalue weighted by molar-refractivity contribution is 7.10. The molecule has 26 heavy (non-hydrogen) atoms. The maximum atomic E-state index is 4.69. The zero-order chi connectivity index (χ0) is 18.4. The summed E-state index contributed by atoms with van der Waals surface area (Å²) in [7, 11) is 1.97. The van der Waals surface area contributed by atoms with Gasteiger partial charge in [-0.15, -0.1) is 21.5 Å². The van der Waals surface area contributed by atoms with Crippen LogP contribution in [0.4, 0.5) is 0 Å². The average Bonchev–Trinajstić information content (AvgIpc) is 3.39. The van der Waals surface area contributed by atoms with E-state index in [0.29, 0.717) is 12.6 Å². The summed E-state index contributed by atoms with van der Waals surface area (Å²) in [4.78, 5) is 8.69. The first-order chi connectivity index (χ1) is 12.7. The Morgan fingerprint density at radius 3 is 2.73 bits per heavy atom. The Balaban J connectivity index is 1.66. The Morgan fingerprint density at radius 2 is 2.12 bits per heavy atom. The molecule has 0 saturated carbocycles. The highest BCUT2D eigenvalue weighted by Gasteiger charge is 2.24. The molecule has 2 aromatic rings. The van der Waals surface area contributed by atoms with Crippen LogP contribution < -0.4 is 10.6 Å². The van der Waals surface area contributed by atoms with Gasteiger partial charge < -0.3 is 15.2 Å². The Bertz CT molecular complexity index is 701. The fraction of sp³-hybridized carbons (Fsp3) is 0.611. The van der Waals surface area contributed by atoms with E-state index in [1.165, 1.54) is 30.8 Å². The zero-order valence-electron chi connectivity index (χ0n) is 15.9. The standard InChI is InChI=1S/C18H29N7S/c1-4-19-18(21-13-17-23-22-14(2)24(17)3)20-12-15(16-8-7-11-26-16)25-9-5-6-10-25/h7-8,11,15H,4-6,9-10,12-13H2,1-3H3,(H2,19,20,21). The second-order valence-corrected chi connectivity index (χ2v) is 7.55. The number of aromatic nitrogens is 3. The van der Waals surface area contributed by atoms with E-state index >= 15 is 0 Å². The number of thiophene rings is 1.